The minimum absolute atomic E-state index is 0.0463. The molecular weight excluding hydrogens is 606 g/mol. The molecule has 0 aliphatic carbocycles. The van der Waals surface area contributed by atoms with E-state index in [4.69, 9.17) is 21.1 Å². The average Bonchev–Trinajstić information content (AvgIpc) is 3.58. The summed E-state index contributed by atoms with van der Waals surface area (Å²) in [7, 11) is 1.54. The fourth-order valence-electron chi connectivity index (χ4n) is 4.55. The fourth-order valence-corrected chi connectivity index (χ4v) is 6.70. The maximum Gasteiger partial charge on any atom is 0.301 e. The third kappa shape index (κ3) is 6.87. The van der Waals surface area contributed by atoms with E-state index < -0.39 is 17.7 Å². The Labute approximate surface area is 263 Å². The first-order valence-electron chi connectivity index (χ1n) is 13.6. The van der Waals surface area contributed by atoms with Gasteiger partial charge in [-0.2, -0.15) is 0 Å². The Morgan fingerprint density at radius 1 is 1.05 bits per heavy atom. The molecule has 0 radical (unpaired) electrons. The lowest BCUT2D eigenvalue weighted by Gasteiger charge is -2.23. The van der Waals surface area contributed by atoms with E-state index in [2.05, 4.69) is 24.0 Å². The number of carbonyl (C=O) groups excluding carboxylic acids is 2. The molecule has 1 aromatic heterocycles. The number of aliphatic hydroxyl groups is 1. The molecule has 0 spiro atoms. The number of thioether (sulfide) groups is 1. The number of hydrogen-bond acceptors (Lipinski definition) is 9. The Hall–Kier alpha value is -3.86. The molecule has 4 aromatic rings. The summed E-state index contributed by atoms with van der Waals surface area (Å²) in [6.07, 6.45) is 0.875. The summed E-state index contributed by atoms with van der Waals surface area (Å²) in [5.74, 6) is 0.315. The minimum atomic E-state index is -0.954. The molecule has 3 aromatic carbocycles. The third-order valence-electron chi connectivity index (χ3n) is 6.86. The second-order valence-electron chi connectivity index (χ2n) is 10.2. The highest BCUT2D eigenvalue weighted by Crippen LogP contribution is 2.44. The number of halogens is 1. The van der Waals surface area contributed by atoms with Gasteiger partial charge in [0.05, 0.1) is 25.3 Å². The van der Waals surface area contributed by atoms with Gasteiger partial charge in [-0.1, -0.05) is 78.9 Å². The summed E-state index contributed by atoms with van der Waals surface area (Å²) in [4.78, 5) is 28.5. The van der Waals surface area contributed by atoms with Crippen LogP contribution in [0.4, 0.5) is 5.13 Å². The van der Waals surface area contributed by atoms with Gasteiger partial charge < -0.3 is 14.6 Å². The number of Topliss-reactive ketones (excluding diaryl/α,β-unsaturated/α-hetero) is 1. The Morgan fingerprint density at radius 2 is 1.81 bits per heavy atom. The first-order valence-corrected chi connectivity index (χ1v) is 15.8. The molecule has 8 nitrogen and oxygen atoms in total. The molecule has 1 amide bonds. The summed E-state index contributed by atoms with van der Waals surface area (Å²) in [6.45, 7) is 4.76. The highest BCUT2D eigenvalue weighted by atomic mass is 35.5. The van der Waals surface area contributed by atoms with Gasteiger partial charge in [-0.05, 0) is 65.9 Å². The van der Waals surface area contributed by atoms with E-state index in [0.29, 0.717) is 50.3 Å². The highest BCUT2D eigenvalue weighted by Gasteiger charge is 2.48. The van der Waals surface area contributed by atoms with Crippen molar-refractivity contribution >= 4 is 57.3 Å². The standard InChI is InChI=1S/C32H30ClN3O5S2/c1-19(2)15-16-41-24-9-6-8-21(17-24)27-26(28(37)20-11-13-23(40-3)14-12-20)29(38)30(39)36(27)31-34-35-32(43-31)42-18-22-7-4-5-10-25(22)33/h4-14,17,19,27,37H,15-16,18H2,1-3H3. The van der Waals surface area contributed by atoms with E-state index in [1.54, 1.807) is 49.6 Å². The molecule has 1 aliphatic heterocycles. The van der Waals surface area contributed by atoms with Crippen molar-refractivity contribution in [1.82, 2.24) is 10.2 Å². The number of rotatable bonds is 11. The van der Waals surface area contributed by atoms with Gasteiger partial charge in [0.2, 0.25) is 5.13 Å². The molecule has 5 rings (SSSR count). The quantitative estimate of drug-likeness (QED) is 0.0593. The summed E-state index contributed by atoms with van der Waals surface area (Å²) in [5, 5.41) is 20.9. The second kappa shape index (κ2) is 13.6. The number of nitrogens with zero attached hydrogens (tertiary/aromatic N) is 3. The molecule has 0 saturated carbocycles. The van der Waals surface area contributed by atoms with E-state index in [-0.39, 0.29) is 16.5 Å². The Bertz CT molecular complexity index is 1650. The van der Waals surface area contributed by atoms with E-state index in [1.165, 1.54) is 28.0 Å². The Balaban J connectivity index is 1.53. The summed E-state index contributed by atoms with van der Waals surface area (Å²) >= 11 is 8.94. The zero-order valence-electron chi connectivity index (χ0n) is 23.8. The van der Waals surface area contributed by atoms with Gasteiger partial charge in [0.25, 0.3) is 5.78 Å². The maximum absolute atomic E-state index is 13.6. The molecular formula is C32H30ClN3O5S2. The Morgan fingerprint density at radius 3 is 2.53 bits per heavy atom. The number of aromatic nitrogens is 2. The number of hydrogen-bond donors (Lipinski definition) is 1. The van der Waals surface area contributed by atoms with Gasteiger partial charge in [-0.15, -0.1) is 10.2 Å². The number of carbonyl (C=O) groups is 2. The van der Waals surface area contributed by atoms with Crippen LogP contribution in [0.5, 0.6) is 11.5 Å². The number of amides is 1. The van der Waals surface area contributed by atoms with Crippen molar-refractivity contribution in [3.8, 4) is 11.5 Å². The first-order chi connectivity index (χ1) is 20.8. The van der Waals surface area contributed by atoms with Gasteiger partial charge in [-0.25, -0.2) is 0 Å². The van der Waals surface area contributed by atoms with Crippen LogP contribution >= 0.6 is 34.7 Å². The second-order valence-corrected chi connectivity index (χ2v) is 12.8. The predicted molar refractivity (Wildman–Crippen MR) is 170 cm³/mol. The molecule has 11 heteroatoms. The molecule has 1 atom stereocenters. The summed E-state index contributed by atoms with van der Waals surface area (Å²) < 4.78 is 11.8. The van der Waals surface area contributed by atoms with Crippen molar-refractivity contribution < 1.29 is 24.2 Å². The lowest BCUT2D eigenvalue weighted by molar-refractivity contribution is -0.132. The number of aliphatic hydroxyl groups excluding tert-OH is 1. The molecule has 1 N–H and O–H groups in total. The zero-order valence-corrected chi connectivity index (χ0v) is 26.2. The van der Waals surface area contributed by atoms with Gasteiger partial charge in [0, 0.05) is 16.3 Å². The van der Waals surface area contributed by atoms with Crippen LogP contribution in [0, 0.1) is 5.92 Å². The number of benzene rings is 3. The zero-order chi connectivity index (χ0) is 30.5. The molecule has 1 fully saturated rings. The predicted octanol–water partition coefficient (Wildman–Crippen LogP) is 7.54. The topological polar surface area (TPSA) is 102 Å². The fraction of sp³-hybridized carbons (Fsp3) is 0.250. The molecule has 43 heavy (non-hydrogen) atoms. The van der Waals surface area contributed by atoms with Gasteiger partial charge in [0.1, 0.15) is 17.3 Å². The van der Waals surface area contributed by atoms with E-state index in [0.717, 1.165) is 12.0 Å². The van der Waals surface area contributed by atoms with Crippen molar-refractivity contribution in [1.29, 1.82) is 0 Å². The normalized spacial score (nSPS) is 16.2. The van der Waals surface area contributed by atoms with Gasteiger partial charge >= 0.3 is 5.91 Å². The van der Waals surface area contributed by atoms with Crippen LogP contribution in [-0.4, -0.2) is 40.7 Å². The number of anilines is 1. The maximum atomic E-state index is 13.6. The molecule has 1 aliphatic rings. The lowest BCUT2D eigenvalue weighted by Crippen LogP contribution is -2.29. The van der Waals surface area contributed by atoms with Crippen molar-refractivity contribution in [2.45, 2.75) is 36.4 Å². The summed E-state index contributed by atoms with van der Waals surface area (Å²) in [5.41, 5.74) is 1.87. The largest absolute Gasteiger partial charge is 0.507 e. The average molecular weight is 636 g/mol. The smallest absolute Gasteiger partial charge is 0.301 e. The van der Waals surface area contributed by atoms with Crippen molar-refractivity contribution in [3.63, 3.8) is 0 Å². The monoisotopic (exact) mass is 635 g/mol. The van der Waals surface area contributed by atoms with E-state index >= 15 is 0 Å². The number of methoxy groups -OCH3 is 1. The minimum Gasteiger partial charge on any atom is -0.507 e. The Kier molecular flexibility index (Phi) is 9.69. The van der Waals surface area contributed by atoms with Crippen molar-refractivity contribution in [3.05, 3.63) is 100 Å². The third-order valence-corrected chi connectivity index (χ3v) is 9.33. The van der Waals surface area contributed by atoms with Crippen molar-refractivity contribution in [2.75, 3.05) is 18.6 Å². The molecule has 222 valence electrons. The van der Waals surface area contributed by atoms with Crippen LogP contribution in [0.3, 0.4) is 0 Å². The van der Waals surface area contributed by atoms with E-state index in [9.17, 15) is 14.7 Å². The molecule has 0 bridgehead atoms. The van der Waals surface area contributed by atoms with Gasteiger partial charge in [0.15, 0.2) is 4.34 Å². The molecule has 1 unspecified atom stereocenters. The lowest BCUT2D eigenvalue weighted by atomic mass is 9.95. The van der Waals surface area contributed by atoms with Crippen LogP contribution in [0.2, 0.25) is 5.02 Å². The SMILES string of the molecule is COc1ccc(C(O)=C2C(=O)C(=O)N(c3nnc(SCc4ccccc4Cl)s3)C2c2cccc(OCCC(C)C)c2)cc1. The summed E-state index contributed by atoms with van der Waals surface area (Å²) in [6, 6.07) is 20.4. The van der Waals surface area contributed by atoms with Gasteiger partial charge in [-0.3, -0.25) is 14.5 Å². The molecule has 2 heterocycles. The van der Waals surface area contributed by atoms with Crippen LogP contribution in [0.25, 0.3) is 5.76 Å². The number of ketones is 1. The molecule has 1 saturated heterocycles. The van der Waals surface area contributed by atoms with Crippen LogP contribution in [-0.2, 0) is 15.3 Å². The van der Waals surface area contributed by atoms with Crippen LogP contribution in [0.1, 0.15) is 43.0 Å². The first kappa shape index (κ1) is 30.6. The van der Waals surface area contributed by atoms with E-state index in [1.807, 2.05) is 30.3 Å². The van der Waals surface area contributed by atoms with Crippen LogP contribution in [0.15, 0.2) is 82.7 Å². The number of ether oxygens (including phenoxy) is 2. The highest BCUT2D eigenvalue weighted by molar-refractivity contribution is 8.00. The van der Waals surface area contributed by atoms with Crippen molar-refractivity contribution in [2.24, 2.45) is 5.92 Å². The van der Waals surface area contributed by atoms with Crippen LogP contribution < -0.4 is 14.4 Å².